The molecule has 0 aliphatic rings. The summed E-state index contributed by atoms with van der Waals surface area (Å²) in [7, 11) is 0. The van der Waals surface area contributed by atoms with Crippen molar-refractivity contribution >= 4 is 35.1 Å². The summed E-state index contributed by atoms with van der Waals surface area (Å²) in [6, 6.07) is 13.7. The predicted molar refractivity (Wildman–Crippen MR) is 125 cm³/mol. The first-order valence-electron chi connectivity index (χ1n) is 10.9. The average molecular weight is 455 g/mol. The molecule has 0 unspecified atom stereocenters. The van der Waals surface area contributed by atoms with Gasteiger partial charge in [-0.3, -0.25) is 14.4 Å². The number of ether oxygens (including phenoxy) is 2. The molecule has 0 heterocycles. The molecule has 0 fully saturated rings. The molecule has 176 valence electrons. The van der Waals surface area contributed by atoms with Gasteiger partial charge in [-0.1, -0.05) is 39.0 Å². The molecule has 33 heavy (non-hydrogen) atoms. The fourth-order valence-electron chi connectivity index (χ4n) is 2.73. The molecule has 0 spiro atoms. The van der Waals surface area contributed by atoms with Crippen LogP contribution in [0.4, 0.5) is 11.4 Å². The third-order valence-corrected chi connectivity index (χ3v) is 4.50. The summed E-state index contributed by atoms with van der Waals surface area (Å²) in [5.41, 5.74) is 2.50. The van der Waals surface area contributed by atoms with Crippen LogP contribution in [0.1, 0.15) is 49.5 Å². The molecule has 0 aromatic heterocycles. The van der Waals surface area contributed by atoms with Crippen molar-refractivity contribution in [2.75, 3.05) is 23.8 Å². The number of anilines is 2. The minimum Gasteiger partial charge on any atom is -0.462 e. The molecule has 0 atom stereocenters. The smallest absolute Gasteiger partial charge is 0.338 e. The van der Waals surface area contributed by atoms with Crippen LogP contribution in [0.2, 0.25) is 0 Å². The number of amides is 2. The second-order valence-electron chi connectivity index (χ2n) is 7.88. The van der Waals surface area contributed by atoms with Crippen molar-refractivity contribution in [3.63, 3.8) is 0 Å². The fraction of sp³-hybridized carbons (Fsp3) is 0.360. The maximum atomic E-state index is 12.1. The molecule has 2 N–H and O–H groups in total. The number of rotatable bonds is 11. The minimum atomic E-state index is -0.660. The maximum Gasteiger partial charge on any atom is 0.338 e. The molecule has 0 bridgehead atoms. The molecule has 0 saturated carbocycles. The predicted octanol–water partition coefficient (Wildman–Crippen LogP) is 3.96. The lowest BCUT2D eigenvalue weighted by molar-refractivity contribution is -0.147. The molecule has 2 aromatic rings. The highest BCUT2D eigenvalue weighted by Gasteiger charge is 2.13. The molecule has 0 saturated heterocycles. The van der Waals surface area contributed by atoms with Gasteiger partial charge in [0.15, 0.2) is 6.61 Å². The number of carbonyl (C=O) groups is 4. The highest BCUT2D eigenvalue weighted by atomic mass is 16.5. The minimum absolute atomic E-state index is 0.124. The Labute approximate surface area is 193 Å². The Kier molecular flexibility index (Phi) is 10.1. The largest absolute Gasteiger partial charge is 0.462 e. The van der Waals surface area contributed by atoms with Crippen molar-refractivity contribution < 1.29 is 28.7 Å². The Hall–Kier alpha value is -3.68. The van der Waals surface area contributed by atoms with Gasteiger partial charge in [0.25, 0.3) is 5.91 Å². The Morgan fingerprint density at radius 2 is 1.55 bits per heavy atom. The normalized spacial score (nSPS) is 10.4. The van der Waals surface area contributed by atoms with Gasteiger partial charge in [0, 0.05) is 17.8 Å². The van der Waals surface area contributed by atoms with E-state index >= 15 is 0 Å². The van der Waals surface area contributed by atoms with Gasteiger partial charge in [-0.05, 0) is 48.2 Å². The van der Waals surface area contributed by atoms with Crippen LogP contribution in [0.3, 0.4) is 0 Å². The van der Waals surface area contributed by atoms with Crippen LogP contribution in [0.25, 0.3) is 0 Å². The third-order valence-electron chi connectivity index (χ3n) is 4.50. The van der Waals surface area contributed by atoms with E-state index in [1.165, 1.54) is 6.07 Å². The Bertz CT molecular complexity index is 969. The summed E-state index contributed by atoms with van der Waals surface area (Å²) in [6.07, 6.45) is 0.594. The van der Waals surface area contributed by atoms with Crippen molar-refractivity contribution in [2.45, 2.75) is 40.0 Å². The van der Waals surface area contributed by atoms with E-state index in [0.29, 0.717) is 23.5 Å². The van der Waals surface area contributed by atoms with E-state index in [-0.39, 0.29) is 18.8 Å². The van der Waals surface area contributed by atoms with E-state index in [9.17, 15) is 19.2 Å². The van der Waals surface area contributed by atoms with Gasteiger partial charge in [0.05, 0.1) is 18.6 Å². The highest BCUT2D eigenvalue weighted by molar-refractivity contribution is 5.96. The van der Waals surface area contributed by atoms with E-state index in [1.807, 2.05) is 32.9 Å². The Balaban J connectivity index is 1.72. The Morgan fingerprint density at radius 3 is 2.21 bits per heavy atom. The number of carbonyl (C=O) groups excluding carboxylic acids is 4. The molecular formula is C25H30N2O6. The van der Waals surface area contributed by atoms with E-state index in [4.69, 9.17) is 9.47 Å². The number of hydrogen-bond acceptors (Lipinski definition) is 6. The lowest BCUT2D eigenvalue weighted by Crippen LogP contribution is -2.21. The molecule has 0 aliphatic carbocycles. The summed E-state index contributed by atoms with van der Waals surface area (Å²) < 4.78 is 10.1. The molecule has 0 radical (unpaired) electrons. The van der Waals surface area contributed by atoms with Crippen LogP contribution in [-0.4, -0.2) is 37.0 Å². The van der Waals surface area contributed by atoms with Crippen molar-refractivity contribution in [2.24, 2.45) is 5.92 Å². The standard InChI is InChI=1S/C25H30N2O6/c1-4-18-8-10-20(11-9-18)26-23(29)16-32-24(30)13-12-22(28)27-21-7-5-6-19(14-21)25(31)33-15-17(2)3/h5-11,14,17H,4,12-13,15-16H2,1-3H3,(H,26,29)(H,27,28). The lowest BCUT2D eigenvalue weighted by Gasteiger charge is -2.09. The molecule has 2 rings (SSSR count). The van der Waals surface area contributed by atoms with Crippen LogP contribution in [0.5, 0.6) is 0 Å². The van der Waals surface area contributed by atoms with Crippen molar-refractivity contribution in [1.82, 2.24) is 0 Å². The van der Waals surface area contributed by atoms with Crippen molar-refractivity contribution in [3.05, 3.63) is 59.7 Å². The molecular weight excluding hydrogens is 424 g/mol. The number of nitrogens with one attached hydrogen (secondary N) is 2. The highest BCUT2D eigenvalue weighted by Crippen LogP contribution is 2.13. The Morgan fingerprint density at radius 1 is 0.848 bits per heavy atom. The third kappa shape index (κ3) is 9.55. The molecule has 2 amide bonds. The second kappa shape index (κ2) is 13.0. The topological polar surface area (TPSA) is 111 Å². The van der Waals surface area contributed by atoms with Crippen LogP contribution in [-0.2, 0) is 30.3 Å². The van der Waals surface area contributed by atoms with Crippen LogP contribution in [0, 0.1) is 5.92 Å². The van der Waals surface area contributed by atoms with Crippen molar-refractivity contribution in [1.29, 1.82) is 0 Å². The number of hydrogen-bond donors (Lipinski definition) is 2. The molecule has 8 heteroatoms. The average Bonchev–Trinajstić information content (AvgIpc) is 2.80. The van der Waals surface area contributed by atoms with Gasteiger partial charge in [-0.15, -0.1) is 0 Å². The van der Waals surface area contributed by atoms with Gasteiger partial charge in [0.1, 0.15) is 0 Å². The monoisotopic (exact) mass is 454 g/mol. The van der Waals surface area contributed by atoms with Gasteiger partial charge in [0.2, 0.25) is 5.91 Å². The van der Waals surface area contributed by atoms with E-state index in [0.717, 1.165) is 12.0 Å². The summed E-state index contributed by atoms with van der Waals surface area (Å²) in [4.78, 5) is 48.0. The summed E-state index contributed by atoms with van der Waals surface area (Å²) in [6.45, 7) is 5.78. The van der Waals surface area contributed by atoms with E-state index in [1.54, 1.807) is 30.3 Å². The zero-order chi connectivity index (χ0) is 24.2. The van der Waals surface area contributed by atoms with E-state index in [2.05, 4.69) is 10.6 Å². The van der Waals surface area contributed by atoms with Crippen LogP contribution >= 0.6 is 0 Å². The van der Waals surface area contributed by atoms with Crippen LogP contribution < -0.4 is 10.6 Å². The second-order valence-corrected chi connectivity index (χ2v) is 7.88. The zero-order valence-corrected chi connectivity index (χ0v) is 19.2. The number of benzene rings is 2. The lowest BCUT2D eigenvalue weighted by atomic mass is 10.1. The van der Waals surface area contributed by atoms with Gasteiger partial charge >= 0.3 is 11.9 Å². The summed E-state index contributed by atoms with van der Waals surface area (Å²) >= 11 is 0. The first-order chi connectivity index (χ1) is 15.8. The zero-order valence-electron chi connectivity index (χ0n) is 19.2. The number of aryl methyl sites for hydroxylation is 1. The summed E-state index contributed by atoms with van der Waals surface area (Å²) in [5, 5.41) is 5.27. The SMILES string of the molecule is CCc1ccc(NC(=O)COC(=O)CCC(=O)Nc2cccc(C(=O)OCC(C)C)c2)cc1. The van der Waals surface area contributed by atoms with E-state index < -0.39 is 30.4 Å². The van der Waals surface area contributed by atoms with Crippen molar-refractivity contribution in [3.8, 4) is 0 Å². The molecule has 0 aliphatic heterocycles. The van der Waals surface area contributed by atoms with Gasteiger partial charge in [-0.2, -0.15) is 0 Å². The van der Waals surface area contributed by atoms with Gasteiger partial charge in [-0.25, -0.2) is 4.79 Å². The summed E-state index contributed by atoms with van der Waals surface area (Å²) in [5.74, 6) is -1.79. The first kappa shape index (κ1) is 25.6. The molecule has 2 aromatic carbocycles. The van der Waals surface area contributed by atoms with Crippen LogP contribution in [0.15, 0.2) is 48.5 Å². The maximum absolute atomic E-state index is 12.1. The quantitative estimate of drug-likeness (QED) is 0.497. The van der Waals surface area contributed by atoms with Gasteiger partial charge < -0.3 is 20.1 Å². The first-order valence-corrected chi connectivity index (χ1v) is 10.9. The number of esters is 2. The fourth-order valence-corrected chi connectivity index (χ4v) is 2.73. The molecule has 8 nitrogen and oxygen atoms in total.